The first-order chi connectivity index (χ1) is 2.89. The first kappa shape index (κ1) is 5.68. The first-order valence-corrected chi connectivity index (χ1v) is 10.6. The molecule has 0 spiro atoms. The van der Waals surface area contributed by atoms with E-state index in [-0.39, 0.29) is 0 Å². The van der Waals surface area contributed by atoms with E-state index in [0.717, 1.165) is 0 Å². The number of halogens is 1. The Balaban J connectivity index is 2.18. The van der Waals surface area contributed by atoms with Gasteiger partial charge in [0.15, 0.2) is 0 Å². The van der Waals surface area contributed by atoms with Crippen molar-refractivity contribution in [1.82, 2.24) is 0 Å². The molecule has 0 amide bonds. The Kier molecular flexibility index (Phi) is 2.61. The van der Waals surface area contributed by atoms with Gasteiger partial charge in [0.25, 0.3) is 0 Å². The Morgan fingerprint density at radius 3 is 2.00 bits per heavy atom. The molecule has 0 aromatic heterocycles. The van der Waals surface area contributed by atoms with Crippen LogP contribution in [0, 0.1) is 0 Å². The van der Waals surface area contributed by atoms with E-state index < -0.39 is 11.4 Å². The minimum atomic E-state index is -0.799. The Morgan fingerprint density at radius 2 is 1.83 bits per heavy atom. The summed E-state index contributed by atoms with van der Waals surface area (Å²) in [6.45, 7) is 0. The SMILES string of the molecule is Cl[As]1SCCS1. The molecule has 1 saturated heterocycles. The molecular weight excluding hydrogens is 199 g/mol. The van der Waals surface area contributed by atoms with E-state index in [1.54, 1.807) is 0 Å². The van der Waals surface area contributed by atoms with E-state index in [1.807, 2.05) is 20.0 Å². The molecule has 0 atom stereocenters. The standard InChI is InChI=1S/C2H4AsClS2/c4-3-5-1-2-6-3/h1-2H2. The molecule has 0 aromatic carbocycles. The molecule has 0 nitrogen and oxygen atoms in total. The van der Waals surface area contributed by atoms with E-state index >= 15 is 0 Å². The molecule has 1 fully saturated rings. The topological polar surface area (TPSA) is 0 Å². The maximum absolute atomic E-state index is 5.78. The van der Waals surface area contributed by atoms with Crippen molar-refractivity contribution < 1.29 is 0 Å². The summed E-state index contributed by atoms with van der Waals surface area (Å²) in [6.07, 6.45) is 0. The van der Waals surface area contributed by atoms with E-state index in [4.69, 9.17) is 9.95 Å². The molecule has 0 saturated carbocycles. The van der Waals surface area contributed by atoms with E-state index in [2.05, 4.69) is 0 Å². The van der Waals surface area contributed by atoms with Crippen LogP contribution in [0.25, 0.3) is 0 Å². The zero-order valence-electron chi connectivity index (χ0n) is 3.06. The Labute approximate surface area is 52.8 Å². The molecule has 1 aliphatic rings. The van der Waals surface area contributed by atoms with Crippen LogP contribution in [0.5, 0.6) is 0 Å². The van der Waals surface area contributed by atoms with Gasteiger partial charge in [0, 0.05) is 0 Å². The van der Waals surface area contributed by atoms with Crippen molar-refractivity contribution in [3.05, 3.63) is 0 Å². The van der Waals surface area contributed by atoms with E-state index in [9.17, 15) is 0 Å². The van der Waals surface area contributed by atoms with Gasteiger partial charge in [-0.25, -0.2) is 0 Å². The molecule has 0 aliphatic carbocycles. The van der Waals surface area contributed by atoms with Gasteiger partial charge in [-0.1, -0.05) is 0 Å². The van der Waals surface area contributed by atoms with Crippen LogP contribution in [0.4, 0.5) is 0 Å². The zero-order valence-corrected chi connectivity index (χ0v) is 7.32. The van der Waals surface area contributed by atoms with Crippen LogP contribution in [0.1, 0.15) is 0 Å². The predicted molar refractivity (Wildman–Crippen MR) is 36.5 cm³/mol. The van der Waals surface area contributed by atoms with Gasteiger partial charge in [-0.3, -0.25) is 0 Å². The van der Waals surface area contributed by atoms with Crippen LogP contribution >= 0.6 is 30.0 Å². The normalized spacial score (nSPS) is 25.5. The summed E-state index contributed by atoms with van der Waals surface area (Å²) in [7, 11) is 9.73. The molecule has 0 unspecified atom stereocenters. The summed E-state index contributed by atoms with van der Waals surface area (Å²) < 4.78 is 0. The van der Waals surface area contributed by atoms with Crippen LogP contribution in [-0.2, 0) is 0 Å². The van der Waals surface area contributed by atoms with Gasteiger partial charge in [-0.2, -0.15) is 0 Å². The van der Waals surface area contributed by atoms with Crippen molar-refractivity contribution in [3.63, 3.8) is 0 Å². The third kappa shape index (κ3) is 1.57. The van der Waals surface area contributed by atoms with Gasteiger partial charge in [-0.05, 0) is 0 Å². The van der Waals surface area contributed by atoms with Crippen LogP contribution in [0.15, 0.2) is 0 Å². The zero-order chi connectivity index (χ0) is 4.41. The number of hydrogen-bond donors (Lipinski definition) is 0. The average Bonchev–Trinajstić information content (AvgIpc) is 1.86. The number of hydrogen-bond acceptors (Lipinski definition) is 2. The maximum atomic E-state index is 5.78. The Bertz CT molecular complexity index is 44.8. The van der Waals surface area contributed by atoms with Crippen LogP contribution < -0.4 is 0 Å². The fourth-order valence-electron chi connectivity index (χ4n) is 0.255. The van der Waals surface area contributed by atoms with Gasteiger partial charge in [-0.15, -0.1) is 0 Å². The fourth-order valence-corrected chi connectivity index (χ4v) is 11.9. The minimum absolute atomic E-state index is 0.799. The monoisotopic (exact) mass is 202 g/mol. The van der Waals surface area contributed by atoms with Gasteiger partial charge in [0.2, 0.25) is 0 Å². The predicted octanol–water partition coefficient (Wildman–Crippen LogP) is 1.69. The average molecular weight is 203 g/mol. The second-order valence-electron chi connectivity index (χ2n) is 0.879. The molecule has 0 aromatic rings. The van der Waals surface area contributed by atoms with E-state index in [0.29, 0.717) is 0 Å². The van der Waals surface area contributed by atoms with Crippen LogP contribution in [-0.4, -0.2) is 22.9 Å². The van der Waals surface area contributed by atoms with Crippen molar-refractivity contribution in [2.24, 2.45) is 0 Å². The van der Waals surface area contributed by atoms with Crippen molar-refractivity contribution in [2.75, 3.05) is 11.5 Å². The molecular formula is C2H4AsClS2. The molecule has 4 heteroatoms. The molecule has 0 N–H and O–H groups in total. The second kappa shape index (κ2) is 2.76. The summed E-state index contributed by atoms with van der Waals surface area (Å²) >= 11 is -0.799. The van der Waals surface area contributed by atoms with Gasteiger partial charge < -0.3 is 0 Å². The summed E-state index contributed by atoms with van der Waals surface area (Å²) in [5, 5.41) is 0. The summed E-state index contributed by atoms with van der Waals surface area (Å²) in [4.78, 5) is 0. The van der Waals surface area contributed by atoms with Crippen molar-refractivity contribution >= 4 is 41.4 Å². The third-order valence-electron chi connectivity index (χ3n) is 0.469. The second-order valence-corrected chi connectivity index (χ2v) is 15.2. The van der Waals surface area contributed by atoms with Crippen LogP contribution in [0.2, 0.25) is 0 Å². The van der Waals surface area contributed by atoms with Gasteiger partial charge in [0.05, 0.1) is 0 Å². The van der Waals surface area contributed by atoms with Crippen molar-refractivity contribution in [2.45, 2.75) is 0 Å². The van der Waals surface area contributed by atoms with Crippen LogP contribution in [0.3, 0.4) is 0 Å². The Morgan fingerprint density at radius 1 is 1.33 bits per heavy atom. The van der Waals surface area contributed by atoms with E-state index in [1.165, 1.54) is 11.5 Å². The van der Waals surface area contributed by atoms with Crippen molar-refractivity contribution in [3.8, 4) is 0 Å². The van der Waals surface area contributed by atoms with Gasteiger partial charge in [0.1, 0.15) is 0 Å². The third-order valence-corrected chi connectivity index (χ3v) is 13.1. The summed E-state index contributed by atoms with van der Waals surface area (Å²) in [6, 6.07) is 0. The summed E-state index contributed by atoms with van der Waals surface area (Å²) in [5.41, 5.74) is 0. The molecule has 0 bridgehead atoms. The number of rotatable bonds is 0. The quantitative estimate of drug-likeness (QED) is 0.549. The van der Waals surface area contributed by atoms with Gasteiger partial charge >= 0.3 is 52.9 Å². The molecule has 1 rings (SSSR count). The molecule has 0 radical (unpaired) electrons. The molecule has 6 heavy (non-hydrogen) atoms. The molecule has 1 aliphatic heterocycles. The fraction of sp³-hybridized carbons (Fsp3) is 1.00. The first-order valence-electron chi connectivity index (χ1n) is 1.61. The Hall–Kier alpha value is 1.55. The van der Waals surface area contributed by atoms with Crippen molar-refractivity contribution in [1.29, 1.82) is 0 Å². The molecule has 36 valence electrons. The molecule has 1 heterocycles. The summed E-state index contributed by atoms with van der Waals surface area (Å²) in [5.74, 6) is 2.60.